The molecule has 2 rings (SSSR count). The van der Waals surface area contributed by atoms with Crippen molar-refractivity contribution in [3.63, 3.8) is 0 Å². The van der Waals surface area contributed by atoms with Gasteiger partial charge >= 0.3 is 0 Å². The first-order valence-corrected chi connectivity index (χ1v) is 6.19. The molecule has 1 aromatic rings. The summed E-state index contributed by atoms with van der Waals surface area (Å²) in [4.78, 5) is 25.5. The van der Waals surface area contributed by atoms with Gasteiger partial charge in [-0.1, -0.05) is 11.6 Å². The first kappa shape index (κ1) is 13.7. The molecule has 1 N–H and O–H groups in total. The molecule has 1 aliphatic heterocycles. The summed E-state index contributed by atoms with van der Waals surface area (Å²) in [6, 6.07) is 4.96. The maximum absolute atomic E-state index is 12.4. The summed E-state index contributed by atoms with van der Waals surface area (Å²) in [6.45, 7) is 3.28. The summed E-state index contributed by atoms with van der Waals surface area (Å²) >= 11 is 5.95. The topological polar surface area (TPSA) is 58.6 Å². The summed E-state index contributed by atoms with van der Waals surface area (Å²) in [5, 5.41) is 3.13. The van der Waals surface area contributed by atoms with Crippen LogP contribution in [0.2, 0.25) is 5.02 Å². The van der Waals surface area contributed by atoms with Crippen molar-refractivity contribution in [2.24, 2.45) is 0 Å². The smallest absolute Gasteiger partial charge is 0.252 e. The molecular formula is C13H15ClN2O3. The van der Waals surface area contributed by atoms with Crippen LogP contribution in [0, 0.1) is 0 Å². The molecule has 0 aromatic heterocycles. The van der Waals surface area contributed by atoms with Gasteiger partial charge in [-0.15, -0.1) is 0 Å². The zero-order valence-corrected chi connectivity index (χ0v) is 11.7. The van der Waals surface area contributed by atoms with Crippen LogP contribution in [0.25, 0.3) is 0 Å². The molecule has 1 aliphatic rings. The zero-order valence-electron chi connectivity index (χ0n) is 11.0. The van der Waals surface area contributed by atoms with Crippen LogP contribution in [0.1, 0.15) is 13.8 Å². The molecule has 0 atom stereocenters. The van der Waals surface area contributed by atoms with Gasteiger partial charge in [0.05, 0.1) is 12.8 Å². The van der Waals surface area contributed by atoms with Crippen LogP contribution in [0.3, 0.4) is 0 Å². The van der Waals surface area contributed by atoms with E-state index in [0.29, 0.717) is 16.5 Å². The summed E-state index contributed by atoms with van der Waals surface area (Å²) in [6.07, 6.45) is 0. The number of amides is 2. The number of methoxy groups -OCH3 is 1. The van der Waals surface area contributed by atoms with E-state index in [0.717, 1.165) is 0 Å². The molecular weight excluding hydrogens is 268 g/mol. The van der Waals surface area contributed by atoms with E-state index in [2.05, 4.69) is 5.32 Å². The quantitative estimate of drug-likeness (QED) is 0.896. The third kappa shape index (κ3) is 2.51. The number of anilines is 1. The maximum Gasteiger partial charge on any atom is 0.252 e. The molecule has 0 saturated carbocycles. The fourth-order valence-corrected chi connectivity index (χ4v) is 2.23. The standard InChI is InChI=1S/C13H15ClN2O3/c1-13(2)12(18)16(7-11(17)15-13)9-6-8(14)4-5-10(9)19-3/h4-6H,7H2,1-3H3,(H,15,17). The van der Waals surface area contributed by atoms with E-state index in [9.17, 15) is 9.59 Å². The fourth-order valence-electron chi connectivity index (χ4n) is 2.06. The molecule has 1 saturated heterocycles. The molecule has 0 aliphatic carbocycles. The van der Waals surface area contributed by atoms with Crippen LogP contribution in [-0.4, -0.2) is 31.0 Å². The van der Waals surface area contributed by atoms with E-state index in [1.165, 1.54) is 12.0 Å². The minimum absolute atomic E-state index is 0.0427. The Morgan fingerprint density at radius 3 is 2.68 bits per heavy atom. The number of hydrogen-bond acceptors (Lipinski definition) is 3. The van der Waals surface area contributed by atoms with Crippen LogP contribution in [0.4, 0.5) is 5.69 Å². The molecule has 5 nitrogen and oxygen atoms in total. The van der Waals surface area contributed by atoms with Crippen molar-refractivity contribution in [2.75, 3.05) is 18.6 Å². The minimum Gasteiger partial charge on any atom is -0.495 e. The summed E-state index contributed by atoms with van der Waals surface area (Å²) in [5.74, 6) is 0.0857. The molecule has 6 heteroatoms. The lowest BCUT2D eigenvalue weighted by atomic mass is 10.00. The Hall–Kier alpha value is -1.75. The molecule has 2 amide bonds. The normalized spacial score (nSPS) is 18.2. The highest BCUT2D eigenvalue weighted by atomic mass is 35.5. The molecule has 1 fully saturated rings. The van der Waals surface area contributed by atoms with E-state index in [1.807, 2.05) is 0 Å². The zero-order chi connectivity index (χ0) is 14.2. The van der Waals surface area contributed by atoms with Gasteiger partial charge < -0.3 is 10.1 Å². The van der Waals surface area contributed by atoms with Crippen molar-refractivity contribution in [3.05, 3.63) is 23.2 Å². The number of nitrogens with one attached hydrogen (secondary N) is 1. The number of carbonyl (C=O) groups is 2. The van der Waals surface area contributed by atoms with Crippen LogP contribution >= 0.6 is 11.6 Å². The highest BCUT2D eigenvalue weighted by molar-refractivity contribution is 6.31. The molecule has 0 bridgehead atoms. The van der Waals surface area contributed by atoms with Gasteiger partial charge in [0.15, 0.2) is 0 Å². The van der Waals surface area contributed by atoms with Crippen LogP contribution in [0.5, 0.6) is 5.75 Å². The van der Waals surface area contributed by atoms with Gasteiger partial charge in [-0.25, -0.2) is 0 Å². The average molecular weight is 283 g/mol. The number of benzene rings is 1. The van der Waals surface area contributed by atoms with Crippen molar-refractivity contribution in [1.29, 1.82) is 0 Å². The third-order valence-electron chi connectivity index (χ3n) is 2.97. The lowest BCUT2D eigenvalue weighted by molar-refractivity contribution is -0.134. The lowest BCUT2D eigenvalue weighted by Crippen LogP contribution is -2.64. The molecule has 0 unspecified atom stereocenters. The Balaban J connectivity index is 2.48. The molecule has 1 aromatic carbocycles. The van der Waals surface area contributed by atoms with E-state index < -0.39 is 5.54 Å². The molecule has 0 radical (unpaired) electrons. The molecule has 19 heavy (non-hydrogen) atoms. The predicted molar refractivity (Wildman–Crippen MR) is 72.6 cm³/mol. The van der Waals surface area contributed by atoms with Crippen molar-refractivity contribution in [1.82, 2.24) is 5.32 Å². The largest absolute Gasteiger partial charge is 0.495 e. The number of hydrogen-bond donors (Lipinski definition) is 1. The Bertz CT molecular complexity index is 543. The second-order valence-electron chi connectivity index (χ2n) is 4.88. The van der Waals surface area contributed by atoms with Crippen LogP contribution < -0.4 is 15.0 Å². The van der Waals surface area contributed by atoms with Crippen LogP contribution in [0.15, 0.2) is 18.2 Å². The SMILES string of the molecule is COc1ccc(Cl)cc1N1CC(=O)NC(C)(C)C1=O. The minimum atomic E-state index is -0.942. The predicted octanol–water partition coefficient (Wildman–Crippen LogP) is 1.59. The monoisotopic (exact) mass is 282 g/mol. The first-order valence-electron chi connectivity index (χ1n) is 5.81. The Kier molecular flexibility index (Phi) is 3.41. The van der Waals surface area contributed by atoms with Crippen molar-refractivity contribution >= 4 is 29.1 Å². The summed E-state index contributed by atoms with van der Waals surface area (Å²) < 4.78 is 5.22. The van der Waals surface area contributed by atoms with Gasteiger partial charge in [0.25, 0.3) is 5.91 Å². The second kappa shape index (κ2) is 4.74. The van der Waals surface area contributed by atoms with Crippen molar-refractivity contribution in [2.45, 2.75) is 19.4 Å². The number of ether oxygens (including phenoxy) is 1. The summed E-state index contributed by atoms with van der Waals surface area (Å²) in [5.41, 5.74) is -0.439. The second-order valence-corrected chi connectivity index (χ2v) is 5.32. The van der Waals surface area contributed by atoms with Crippen molar-refractivity contribution < 1.29 is 14.3 Å². The van der Waals surface area contributed by atoms with Gasteiger partial charge in [0.1, 0.15) is 17.8 Å². The number of piperazine rings is 1. The van der Waals surface area contributed by atoms with Gasteiger partial charge in [-0.05, 0) is 32.0 Å². The Labute approximate surface area is 116 Å². The first-order chi connectivity index (χ1) is 8.85. The van der Waals surface area contributed by atoms with E-state index in [-0.39, 0.29) is 18.4 Å². The highest BCUT2D eigenvalue weighted by Gasteiger charge is 2.40. The van der Waals surface area contributed by atoms with E-state index >= 15 is 0 Å². The van der Waals surface area contributed by atoms with Crippen molar-refractivity contribution in [3.8, 4) is 5.75 Å². The lowest BCUT2D eigenvalue weighted by Gasteiger charge is -2.37. The third-order valence-corrected chi connectivity index (χ3v) is 3.20. The Morgan fingerprint density at radius 1 is 1.37 bits per heavy atom. The number of nitrogens with zero attached hydrogens (tertiary/aromatic N) is 1. The average Bonchev–Trinajstić information content (AvgIpc) is 2.33. The van der Waals surface area contributed by atoms with E-state index in [4.69, 9.17) is 16.3 Å². The van der Waals surface area contributed by atoms with E-state index in [1.54, 1.807) is 32.0 Å². The maximum atomic E-state index is 12.4. The van der Waals surface area contributed by atoms with Gasteiger partial charge in [-0.2, -0.15) is 0 Å². The molecule has 102 valence electrons. The fraction of sp³-hybridized carbons (Fsp3) is 0.385. The highest BCUT2D eigenvalue weighted by Crippen LogP contribution is 2.33. The number of carbonyl (C=O) groups excluding carboxylic acids is 2. The summed E-state index contributed by atoms with van der Waals surface area (Å²) in [7, 11) is 1.51. The van der Waals surface area contributed by atoms with Gasteiger partial charge in [0.2, 0.25) is 5.91 Å². The Morgan fingerprint density at radius 2 is 2.05 bits per heavy atom. The molecule has 1 heterocycles. The van der Waals surface area contributed by atoms with Crippen LogP contribution in [-0.2, 0) is 9.59 Å². The van der Waals surface area contributed by atoms with Gasteiger partial charge in [0, 0.05) is 5.02 Å². The number of rotatable bonds is 2. The molecule has 0 spiro atoms. The van der Waals surface area contributed by atoms with Gasteiger partial charge in [-0.3, -0.25) is 14.5 Å². The number of halogens is 1.